The van der Waals surface area contributed by atoms with Gasteiger partial charge in [-0.05, 0) is 49.2 Å². The number of likely N-dealkylation sites (N-methyl/N-ethyl adjacent to an activating group) is 1. The van der Waals surface area contributed by atoms with Gasteiger partial charge >= 0.3 is 24.3 Å². The van der Waals surface area contributed by atoms with E-state index in [2.05, 4.69) is 44.0 Å². The Bertz CT molecular complexity index is 1110. The van der Waals surface area contributed by atoms with Crippen LogP contribution in [0.5, 0.6) is 0 Å². The zero-order chi connectivity index (χ0) is 30.3. The smallest absolute Gasteiger partial charge is 0.475 e. The number of thiazole rings is 1. The predicted octanol–water partition coefficient (Wildman–Crippen LogP) is 4.09. The van der Waals surface area contributed by atoms with Crippen molar-refractivity contribution in [1.82, 2.24) is 19.7 Å². The van der Waals surface area contributed by atoms with Crippen molar-refractivity contribution in [3.8, 4) is 0 Å². The van der Waals surface area contributed by atoms with E-state index in [0.717, 1.165) is 56.3 Å². The first-order chi connectivity index (χ1) is 18.5. The van der Waals surface area contributed by atoms with Crippen molar-refractivity contribution >= 4 is 40.5 Å². The Morgan fingerprint density at radius 1 is 0.975 bits per heavy atom. The van der Waals surface area contributed by atoms with Gasteiger partial charge in [-0.3, -0.25) is 14.6 Å². The van der Waals surface area contributed by atoms with Crippen molar-refractivity contribution in [1.29, 1.82) is 0 Å². The highest BCUT2D eigenvalue weighted by molar-refractivity contribution is 7.09. The number of halogens is 6. The monoisotopic (exact) mass is 618 g/mol. The van der Waals surface area contributed by atoms with Crippen LogP contribution < -0.4 is 0 Å². The molecule has 1 spiro atoms. The van der Waals surface area contributed by atoms with Crippen LogP contribution in [0.25, 0.3) is 0 Å². The van der Waals surface area contributed by atoms with Gasteiger partial charge in [0.15, 0.2) is 0 Å². The highest BCUT2D eigenvalue weighted by atomic mass is 32.1. The van der Waals surface area contributed by atoms with Gasteiger partial charge in [0.25, 0.3) is 0 Å². The van der Waals surface area contributed by atoms with Crippen LogP contribution in [0, 0.1) is 6.92 Å². The number of rotatable bonds is 4. The van der Waals surface area contributed by atoms with Gasteiger partial charge < -0.3 is 15.1 Å². The van der Waals surface area contributed by atoms with E-state index in [0.29, 0.717) is 12.5 Å². The lowest BCUT2D eigenvalue weighted by Crippen LogP contribution is -2.67. The number of carbonyl (C=O) groups is 3. The predicted molar refractivity (Wildman–Crippen MR) is 134 cm³/mol. The summed E-state index contributed by atoms with van der Waals surface area (Å²) in [6, 6.07) is 2.20. The van der Waals surface area contributed by atoms with E-state index in [-0.39, 0.29) is 5.54 Å². The fourth-order valence-electron chi connectivity index (χ4n) is 4.19. The van der Waals surface area contributed by atoms with Crippen molar-refractivity contribution < 1.29 is 50.9 Å². The summed E-state index contributed by atoms with van der Waals surface area (Å²) in [5.41, 5.74) is 2.08. The molecule has 4 rings (SSSR count). The molecular weight excluding hydrogens is 590 g/mol. The lowest BCUT2D eigenvalue weighted by atomic mass is 9.82. The number of aliphatic carboxylic acids is 2. The molecule has 0 bridgehead atoms. The number of carbonyl (C=O) groups excluding carboxylic acids is 1. The summed E-state index contributed by atoms with van der Waals surface area (Å²) in [4.78, 5) is 42.6. The van der Waals surface area contributed by atoms with Crippen LogP contribution in [0.15, 0.2) is 22.2 Å². The lowest BCUT2D eigenvalue weighted by Gasteiger charge is -2.51. The largest absolute Gasteiger partial charge is 0.490 e. The van der Waals surface area contributed by atoms with Crippen LogP contribution in [0.4, 0.5) is 26.3 Å². The summed E-state index contributed by atoms with van der Waals surface area (Å²) >= 11 is 3.41. The number of aryl methyl sites for hydroxylation is 1. The second kappa shape index (κ2) is 13.7. The van der Waals surface area contributed by atoms with Crippen molar-refractivity contribution in [2.24, 2.45) is 0 Å². The van der Waals surface area contributed by atoms with Crippen LogP contribution in [-0.2, 0) is 27.5 Å². The summed E-state index contributed by atoms with van der Waals surface area (Å²) in [5.74, 6) is -5.22. The third-order valence-electron chi connectivity index (χ3n) is 6.30. The maximum absolute atomic E-state index is 13.4. The summed E-state index contributed by atoms with van der Waals surface area (Å²) in [7, 11) is 2.12. The first-order valence-electron chi connectivity index (χ1n) is 11.7. The van der Waals surface area contributed by atoms with Crippen LogP contribution in [0.1, 0.15) is 29.1 Å². The number of piperazine rings is 1. The van der Waals surface area contributed by atoms with Crippen LogP contribution in [-0.4, -0.2) is 98.9 Å². The third kappa shape index (κ3) is 9.42. The summed E-state index contributed by atoms with van der Waals surface area (Å²) < 4.78 is 63.5. The Morgan fingerprint density at radius 2 is 1.52 bits per heavy atom. The summed E-state index contributed by atoms with van der Waals surface area (Å²) in [6.07, 6.45) is -8.34. The standard InChI is InChI=1S/C19H26N4OS2.2C2HF3O2/c1-15-20-17(14-26-15)12-23-9-8-21(2)19(18(23)24)4-6-22(7-5-19)11-16-3-10-25-13-16;2*3-2(4,5)1(6)7/h3,10,13-14H,4-9,11-12H2,1-2H3;2*(H,6,7). The van der Waals surface area contributed by atoms with Gasteiger partial charge in [0, 0.05) is 38.1 Å². The Balaban J connectivity index is 0.000000333. The second-order valence-corrected chi connectivity index (χ2v) is 10.9. The van der Waals surface area contributed by atoms with Gasteiger partial charge in [0.05, 0.1) is 17.2 Å². The average Bonchev–Trinajstić information content (AvgIpc) is 3.52. The van der Waals surface area contributed by atoms with Crippen molar-refractivity contribution in [3.63, 3.8) is 0 Å². The second-order valence-electron chi connectivity index (χ2n) is 9.05. The Labute approximate surface area is 233 Å². The molecule has 0 radical (unpaired) electrons. The Morgan fingerprint density at radius 3 is 1.95 bits per heavy atom. The minimum absolute atomic E-state index is 0.298. The SMILES string of the molecule is Cc1nc(CN2CCN(C)C3(CCN(Cc4ccsc4)CC3)C2=O)cs1.O=C(O)C(F)(F)F.O=C(O)C(F)(F)F. The molecule has 2 aromatic rings. The number of hydrogen-bond acceptors (Lipinski definition) is 8. The van der Waals surface area contributed by atoms with Gasteiger partial charge in [-0.25, -0.2) is 14.6 Å². The molecule has 17 heteroatoms. The van der Waals surface area contributed by atoms with Gasteiger partial charge in [0.2, 0.25) is 5.91 Å². The normalized spacial score (nSPS) is 18.0. The van der Waals surface area contributed by atoms with Crippen LogP contribution >= 0.6 is 22.7 Å². The van der Waals surface area contributed by atoms with E-state index in [1.807, 2.05) is 11.8 Å². The van der Waals surface area contributed by atoms with Crippen molar-refractivity contribution in [3.05, 3.63) is 38.5 Å². The van der Waals surface area contributed by atoms with E-state index in [4.69, 9.17) is 19.8 Å². The van der Waals surface area contributed by atoms with E-state index in [9.17, 15) is 31.1 Å². The van der Waals surface area contributed by atoms with Crippen LogP contribution in [0.3, 0.4) is 0 Å². The number of piperidine rings is 1. The summed E-state index contributed by atoms with van der Waals surface area (Å²) in [5, 5.41) is 21.8. The fourth-order valence-corrected chi connectivity index (χ4v) is 5.45. The molecule has 0 aromatic carbocycles. The molecule has 40 heavy (non-hydrogen) atoms. The number of carboxylic acid groups (broad SMARTS) is 2. The molecule has 2 saturated heterocycles. The molecule has 2 fully saturated rings. The quantitative estimate of drug-likeness (QED) is 0.493. The molecule has 0 saturated carbocycles. The molecule has 4 heterocycles. The fraction of sp³-hybridized carbons (Fsp3) is 0.565. The maximum Gasteiger partial charge on any atom is 0.490 e. The number of amides is 1. The van der Waals surface area contributed by atoms with Gasteiger partial charge in [-0.2, -0.15) is 37.7 Å². The lowest BCUT2D eigenvalue weighted by molar-refractivity contribution is -0.193. The van der Waals surface area contributed by atoms with E-state index in [1.54, 1.807) is 22.7 Å². The molecule has 1 amide bonds. The van der Waals surface area contributed by atoms with E-state index in [1.165, 1.54) is 5.56 Å². The topological polar surface area (TPSA) is 114 Å². The molecule has 2 aliphatic rings. The minimum atomic E-state index is -5.08. The Hall–Kier alpha value is -2.76. The van der Waals surface area contributed by atoms with Gasteiger partial charge in [0.1, 0.15) is 5.54 Å². The number of aromatic nitrogens is 1. The number of carboxylic acids is 2. The minimum Gasteiger partial charge on any atom is -0.475 e. The molecule has 2 aliphatic heterocycles. The number of thiophene rings is 1. The highest BCUT2D eigenvalue weighted by Crippen LogP contribution is 2.34. The van der Waals surface area contributed by atoms with Crippen molar-refractivity contribution in [2.45, 2.75) is 50.7 Å². The first-order valence-corrected chi connectivity index (χ1v) is 13.5. The Kier molecular flexibility index (Phi) is 11.5. The molecule has 0 aliphatic carbocycles. The number of likely N-dealkylation sites (tertiary alicyclic amines) is 1. The highest BCUT2D eigenvalue weighted by Gasteiger charge is 2.49. The average molecular weight is 619 g/mol. The van der Waals surface area contributed by atoms with E-state index >= 15 is 0 Å². The van der Waals surface area contributed by atoms with Crippen molar-refractivity contribution in [2.75, 3.05) is 33.2 Å². The molecule has 9 nitrogen and oxygen atoms in total. The zero-order valence-electron chi connectivity index (χ0n) is 21.5. The zero-order valence-corrected chi connectivity index (χ0v) is 23.1. The maximum atomic E-state index is 13.4. The molecular formula is C23H28F6N4O5S2. The van der Waals surface area contributed by atoms with Crippen LogP contribution in [0.2, 0.25) is 0 Å². The van der Waals surface area contributed by atoms with Gasteiger partial charge in [-0.1, -0.05) is 0 Å². The summed E-state index contributed by atoms with van der Waals surface area (Å²) in [6.45, 7) is 7.37. The molecule has 224 valence electrons. The third-order valence-corrected chi connectivity index (χ3v) is 7.85. The number of nitrogens with zero attached hydrogens (tertiary/aromatic N) is 4. The number of alkyl halides is 6. The number of hydrogen-bond donors (Lipinski definition) is 2. The molecule has 0 unspecified atom stereocenters. The molecule has 0 atom stereocenters. The first kappa shape index (κ1) is 33.4. The molecule has 2 aromatic heterocycles. The van der Waals surface area contributed by atoms with E-state index < -0.39 is 24.3 Å². The van der Waals surface area contributed by atoms with Gasteiger partial charge in [-0.15, -0.1) is 11.3 Å². The molecule has 2 N–H and O–H groups in total.